The average molecular weight is 351 g/mol. The number of aryl methyl sites for hydroxylation is 1. The molecule has 0 aliphatic rings. The highest BCUT2D eigenvalue weighted by Gasteiger charge is 2.19. The molecule has 3 rings (SSSR count). The van der Waals surface area contributed by atoms with Crippen molar-refractivity contribution in [2.24, 2.45) is 7.05 Å². The van der Waals surface area contributed by atoms with Gasteiger partial charge >= 0.3 is 0 Å². The molecule has 0 saturated heterocycles. The summed E-state index contributed by atoms with van der Waals surface area (Å²) in [6.07, 6.45) is 0. The predicted octanol–water partition coefficient (Wildman–Crippen LogP) is 3.05. The first-order chi connectivity index (χ1) is 12.4. The Morgan fingerprint density at radius 3 is 2.38 bits per heavy atom. The first kappa shape index (κ1) is 17.5. The van der Waals surface area contributed by atoms with Gasteiger partial charge in [-0.25, -0.2) is 4.68 Å². The minimum atomic E-state index is -0.332. The highest BCUT2D eigenvalue weighted by Crippen LogP contribution is 2.20. The zero-order chi connectivity index (χ0) is 18.8. The number of nitrogens with one attached hydrogen (secondary N) is 1. The van der Waals surface area contributed by atoms with Gasteiger partial charge in [0, 0.05) is 12.6 Å². The largest absolute Gasteiger partial charge is 0.496 e. The van der Waals surface area contributed by atoms with Crippen LogP contribution in [0.1, 0.15) is 21.6 Å². The molecule has 1 heterocycles. The Morgan fingerprint density at radius 1 is 1.08 bits per heavy atom. The van der Waals surface area contributed by atoms with Crippen LogP contribution in [0.25, 0.3) is 5.69 Å². The highest BCUT2D eigenvalue weighted by molar-refractivity contribution is 6.04. The molecule has 134 valence electrons. The number of amides is 1. The van der Waals surface area contributed by atoms with Crippen LogP contribution in [0.2, 0.25) is 0 Å². The third kappa shape index (κ3) is 3.01. The van der Waals surface area contributed by atoms with Crippen LogP contribution in [-0.2, 0) is 7.05 Å². The fourth-order valence-electron chi connectivity index (χ4n) is 2.92. The summed E-state index contributed by atoms with van der Waals surface area (Å²) in [5.74, 6) is 0.380. The fourth-order valence-corrected chi connectivity index (χ4v) is 2.92. The molecule has 3 aromatic rings. The number of anilines is 1. The van der Waals surface area contributed by atoms with E-state index in [1.54, 1.807) is 44.0 Å². The molecule has 2 aromatic carbocycles. The highest BCUT2D eigenvalue weighted by atomic mass is 16.5. The average Bonchev–Trinajstić information content (AvgIpc) is 2.85. The van der Waals surface area contributed by atoms with Crippen molar-refractivity contribution in [2.75, 3.05) is 12.4 Å². The van der Waals surface area contributed by atoms with E-state index in [2.05, 4.69) is 5.32 Å². The van der Waals surface area contributed by atoms with Crippen molar-refractivity contribution in [3.63, 3.8) is 0 Å². The minimum absolute atomic E-state index is 0.269. The first-order valence-electron chi connectivity index (χ1n) is 8.24. The molecule has 6 nitrogen and oxygen atoms in total. The van der Waals surface area contributed by atoms with E-state index in [0.29, 0.717) is 17.0 Å². The Kier molecular flexibility index (Phi) is 4.67. The second-order valence-electron chi connectivity index (χ2n) is 6.08. The van der Waals surface area contributed by atoms with E-state index in [-0.39, 0.29) is 17.2 Å². The van der Waals surface area contributed by atoms with Crippen molar-refractivity contribution < 1.29 is 9.53 Å². The SMILES string of the molecule is COc1ccc(C(=O)Nc2c(C)n(C)n(-c3ccccc3)c2=O)cc1C. The Morgan fingerprint density at radius 2 is 1.77 bits per heavy atom. The number of hydrogen-bond acceptors (Lipinski definition) is 3. The van der Waals surface area contributed by atoms with Gasteiger partial charge in [0.05, 0.1) is 18.5 Å². The van der Waals surface area contributed by atoms with Gasteiger partial charge in [-0.2, -0.15) is 0 Å². The molecule has 0 spiro atoms. The zero-order valence-electron chi connectivity index (χ0n) is 15.2. The van der Waals surface area contributed by atoms with Gasteiger partial charge in [-0.3, -0.25) is 14.3 Å². The number of aromatic nitrogens is 2. The van der Waals surface area contributed by atoms with Crippen molar-refractivity contribution in [3.05, 3.63) is 75.7 Å². The van der Waals surface area contributed by atoms with E-state index in [1.165, 1.54) is 4.68 Å². The topological polar surface area (TPSA) is 65.3 Å². The number of hydrogen-bond donors (Lipinski definition) is 1. The first-order valence-corrected chi connectivity index (χ1v) is 8.24. The van der Waals surface area contributed by atoms with E-state index in [9.17, 15) is 9.59 Å². The summed E-state index contributed by atoms with van der Waals surface area (Å²) in [5, 5.41) is 2.76. The maximum Gasteiger partial charge on any atom is 0.295 e. The van der Waals surface area contributed by atoms with E-state index >= 15 is 0 Å². The molecule has 6 heteroatoms. The molecular formula is C20H21N3O3. The summed E-state index contributed by atoms with van der Waals surface area (Å²) in [6, 6.07) is 14.5. The number of benzene rings is 2. The van der Waals surface area contributed by atoms with Crippen molar-refractivity contribution in [2.45, 2.75) is 13.8 Å². The van der Waals surface area contributed by atoms with Crippen LogP contribution in [0.15, 0.2) is 53.3 Å². The molecule has 0 aliphatic carbocycles. The monoisotopic (exact) mass is 351 g/mol. The van der Waals surface area contributed by atoms with Gasteiger partial charge in [0.15, 0.2) is 0 Å². The van der Waals surface area contributed by atoms with Gasteiger partial charge in [-0.1, -0.05) is 18.2 Å². The van der Waals surface area contributed by atoms with E-state index < -0.39 is 0 Å². The van der Waals surface area contributed by atoms with Gasteiger partial charge in [0.2, 0.25) is 0 Å². The Labute approximate surface area is 151 Å². The molecule has 0 saturated carbocycles. The summed E-state index contributed by atoms with van der Waals surface area (Å²) in [6.45, 7) is 3.67. The van der Waals surface area contributed by atoms with Crippen LogP contribution >= 0.6 is 0 Å². The molecule has 0 unspecified atom stereocenters. The van der Waals surface area contributed by atoms with Crippen molar-refractivity contribution in [3.8, 4) is 11.4 Å². The molecule has 0 fully saturated rings. The lowest BCUT2D eigenvalue weighted by Crippen LogP contribution is -2.23. The molecule has 26 heavy (non-hydrogen) atoms. The molecule has 1 aromatic heterocycles. The van der Waals surface area contributed by atoms with Gasteiger partial charge in [0.1, 0.15) is 11.4 Å². The predicted molar refractivity (Wildman–Crippen MR) is 101 cm³/mol. The number of para-hydroxylation sites is 1. The summed E-state index contributed by atoms with van der Waals surface area (Å²) in [4.78, 5) is 25.5. The molecule has 1 amide bonds. The fraction of sp³-hybridized carbons (Fsp3) is 0.200. The summed E-state index contributed by atoms with van der Waals surface area (Å²) in [7, 11) is 3.37. The minimum Gasteiger partial charge on any atom is -0.496 e. The molecular weight excluding hydrogens is 330 g/mol. The Hall–Kier alpha value is -3.28. The number of ether oxygens (including phenoxy) is 1. The van der Waals surface area contributed by atoms with Crippen molar-refractivity contribution in [1.82, 2.24) is 9.36 Å². The van der Waals surface area contributed by atoms with Crippen LogP contribution in [0.4, 0.5) is 5.69 Å². The van der Waals surface area contributed by atoms with E-state index in [1.807, 2.05) is 37.3 Å². The van der Waals surface area contributed by atoms with E-state index in [0.717, 1.165) is 11.3 Å². The van der Waals surface area contributed by atoms with Crippen LogP contribution in [0, 0.1) is 13.8 Å². The van der Waals surface area contributed by atoms with Crippen molar-refractivity contribution in [1.29, 1.82) is 0 Å². The lowest BCUT2D eigenvalue weighted by Gasteiger charge is -2.08. The Balaban J connectivity index is 1.97. The van der Waals surface area contributed by atoms with Gasteiger partial charge in [-0.15, -0.1) is 0 Å². The summed E-state index contributed by atoms with van der Waals surface area (Å²) >= 11 is 0. The van der Waals surface area contributed by atoms with Crippen LogP contribution < -0.4 is 15.6 Å². The number of carbonyl (C=O) groups is 1. The second kappa shape index (κ2) is 6.92. The molecule has 0 radical (unpaired) electrons. The number of methoxy groups -OCH3 is 1. The molecule has 0 bridgehead atoms. The normalized spacial score (nSPS) is 10.6. The third-order valence-corrected chi connectivity index (χ3v) is 4.45. The van der Waals surface area contributed by atoms with Gasteiger partial charge in [0.25, 0.3) is 11.5 Å². The van der Waals surface area contributed by atoms with E-state index in [4.69, 9.17) is 4.74 Å². The quantitative estimate of drug-likeness (QED) is 0.786. The maximum atomic E-state index is 12.9. The molecule has 0 atom stereocenters. The number of rotatable bonds is 4. The molecule has 1 N–H and O–H groups in total. The van der Waals surface area contributed by atoms with Gasteiger partial charge in [-0.05, 0) is 49.7 Å². The van der Waals surface area contributed by atoms with Crippen LogP contribution in [0.3, 0.4) is 0 Å². The lowest BCUT2D eigenvalue weighted by molar-refractivity contribution is 0.102. The third-order valence-electron chi connectivity index (χ3n) is 4.45. The zero-order valence-corrected chi connectivity index (χ0v) is 15.2. The standard InChI is InChI=1S/C20H21N3O3/c1-13-12-15(10-11-17(13)26-4)19(24)21-18-14(2)22(3)23(20(18)25)16-8-6-5-7-9-16/h5-12H,1-4H3,(H,21,24). The number of carbonyl (C=O) groups excluding carboxylic acids is 1. The maximum absolute atomic E-state index is 12.9. The van der Waals surface area contributed by atoms with Gasteiger partial charge < -0.3 is 10.1 Å². The number of nitrogens with zero attached hydrogens (tertiary/aromatic N) is 2. The second-order valence-corrected chi connectivity index (χ2v) is 6.08. The molecule has 0 aliphatic heterocycles. The lowest BCUT2D eigenvalue weighted by atomic mass is 10.1. The Bertz CT molecular complexity index is 1020. The summed E-state index contributed by atoms with van der Waals surface area (Å²) < 4.78 is 8.48. The smallest absolute Gasteiger partial charge is 0.295 e. The summed E-state index contributed by atoms with van der Waals surface area (Å²) in [5.41, 5.74) is 2.75. The van der Waals surface area contributed by atoms with Crippen LogP contribution in [0.5, 0.6) is 5.75 Å². The van der Waals surface area contributed by atoms with Crippen LogP contribution in [-0.4, -0.2) is 22.4 Å². The van der Waals surface area contributed by atoms with Crippen molar-refractivity contribution >= 4 is 11.6 Å².